The van der Waals surface area contributed by atoms with Crippen molar-refractivity contribution in [3.63, 3.8) is 0 Å². The van der Waals surface area contributed by atoms with Gasteiger partial charge in [-0.3, -0.25) is 0 Å². The first kappa shape index (κ1) is 68.5. The molecular formula is C61H65Cl2F2IN8O9S2. The standard InChI is InChI=1S/2C29H26ClFN4O4S.CH4O.2CH4.HI/c2*1-40(36,37)12-11-32-16-23-7-10-27(39-23)20-5-8-26-24(14-20)29(34-18-33-26)35-22-6-9-28(25(30)15-22)38-17-19-3-2-4-21(31)13-19;1-2;;;/h2*2-10,13-15,18,32H,11-12,16-17H2,1H3,(H,33,34,35);2H,1H3;2*1H4;1H. The lowest BCUT2D eigenvalue weighted by atomic mass is 10.1. The molecule has 0 saturated heterocycles. The van der Waals surface area contributed by atoms with Crippen LogP contribution in [0.25, 0.3) is 44.5 Å². The van der Waals surface area contributed by atoms with Crippen molar-refractivity contribution in [2.45, 2.75) is 41.2 Å². The first-order chi connectivity index (χ1) is 39.5. The summed E-state index contributed by atoms with van der Waals surface area (Å²) >= 11 is 12.9. The molecule has 4 aromatic heterocycles. The molecule has 0 aliphatic heterocycles. The second-order valence-electron chi connectivity index (χ2n) is 18.4. The summed E-state index contributed by atoms with van der Waals surface area (Å²) in [6.07, 6.45) is 5.38. The highest BCUT2D eigenvalue weighted by Crippen LogP contribution is 2.35. The molecule has 0 saturated carbocycles. The molecule has 450 valence electrons. The largest absolute Gasteiger partial charge is 0.487 e. The van der Waals surface area contributed by atoms with Crippen LogP contribution in [0.4, 0.5) is 31.8 Å². The van der Waals surface area contributed by atoms with E-state index < -0.39 is 19.7 Å². The number of aromatic nitrogens is 4. The number of aliphatic hydroxyl groups is 1. The van der Waals surface area contributed by atoms with E-state index in [-0.39, 0.29) is 75.2 Å². The molecule has 0 atom stereocenters. The van der Waals surface area contributed by atoms with E-state index in [2.05, 4.69) is 41.2 Å². The van der Waals surface area contributed by atoms with Crippen LogP contribution in [0.1, 0.15) is 37.5 Å². The molecule has 0 unspecified atom stereocenters. The Bertz CT molecular complexity index is 3790. The number of rotatable bonds is 22. The monoisotopic (exact) mass is 1350 g/mol. The molecule has 10 aromatic rings. The molecule has 0 spiro atoms. The van der Waals surface area contributed by atoms with E-state index in [1.807, 2.05) is 72.8 Å². The van der Waals surface area contributed by atoms with Crippen molar-refractivity contribution in [3.8, 4) is 34.1 Å². The lowest BCUT2D eigenvalue weighted by Gasteiger charge is -2.12. The maximum atomic E-state index is 13.4. The fourth-order valence-electron chi connectivity index (χ4n) is 8.05. The molecule has 10 rings (SSSR count). The highest BCUT2D eigenvalue weighted by Gasteiger charge is 2.15. The molecule has 0 fully saturated rings. The van der Waals surface area contributed by atoms with Crippen molar-refractivity contribution >= 4 is 112 Å². The molecule has 0 amide bonds. The smallest absolute Gasteiger partial charge is 0.148 e. The topological polar surface area (TPSA) is 233 Å². The number of benzene rings is 6. The van der Waals surface area contributed by atoms with Crippen LogP contribution in [-0.2, 0) is 46.0 Å². The van der Waals surface area contributed by atoms with E-state index in [1.54, 1.807) is 48.5 Å². The summed E-state index contributed by atoms with van der Waals surface area (Å²) in [4.78, 5) is 17.6. The highest BCUT2D eigenvalue weighted by atomic mass is 127. The van der Waals surface area contributed by atoms with Gasteiger partial charge in [0.05, 0.1) is 45.7 Å². The zero-order valence-corrected chi connectivity index (χ0v) is 50.4. The normalized spacial score (nSPS) is 11.0. The van der Waals surface area contributed by atoms with E-state index in [4.69, 9.17) is 46.6 Å². The van der Waals surface area contributed by atoms with Crippen LogP contribution in [0.15, 0.2) is 167 Å². The number of hydrogen-bond acceptors (Lipinski definition) is 17. The first-order valence-corrected chi connectivity index (χ1v) is 30.1. The molecule has 0 aliphatic carbocycles. The molecular weight excluding hydrogens is 1290 g/mol. The average molecular weight is 1350 g/mol. The summed E-state index contributed by atoms with van der Waals surface area (Å²) < 4.78 is 95.5. The first-order valence-electron chi connectivity index (χ1n) is 25.2. The molecule has 17 nitrogen and oxygen atoms in total. The van der Waals surface area contributed by atoms with Crippen molar-refractivity contribution in [1.82, 2.24) is 30.6 Å². The van der Waals surface area contributed by atoms with Gasteiger partial charge < -0.3 is 44.7 Å². The van der Waals surface area contributed by atoms with Crippen molar-refractivity contribution < 1.29 is 49.0 Å². The third kappa shape index (κ3) is 20.4. The Balaban J connectivity index is 0.000000292. The number of nitrogens with one attached hydrogen (secondary N) is 4. The van der Waals surface area contributed by atoms with Crippen LogP contribution >= 0.6 is 47.2 Å². The van der Waals surface area contributed by atoms with Crippen molar-refractivity contribution in [1.29, 1.82) is 0 Å². The molecule has 85 heavy (non-hydrogen) atoms. The van der Waals surface area contributed by atoms with E-state index in [0.29, 0.717) is 105 Å². The Labute approximate surface area is 520 Å². The molecule has 24 heteroatoms. The predicted molar refractivity (Wildman–Crippen MR) is 345 cm³/mol. The fraction of sp³-hybridized carbons (Fsp3) is 0.213. The third-order valence-electron chi connectivity index (χ3n) is 12.0. The van der Waals surface area contributed by atoms with E-state index in [1.165, 1.54) is 49.4 Å². The van der Waals surface area contributed by atoms with Gasteiger partial charge in [-0.15, -0.1) is 24.0 Å². The number of ether oxygens (including phenoxy) is 2. The van der Waals surface area contributed by atoms with Gasteiger partial charge >= 0.3 is 0 Å². The molecule has 5 N–H and O–H groups in total. The summed E-state index contributed by atoms with van der Waals surface area (Å²) in [7, 11) is -5.04. The summed E-state index contributed by atoms with van der Waals surface area (Å²) in [5.74, 6) is 4.35. The Morgan fingerprint density at radius 3 is 1.32 bits per heavy atom. The van der Waals surface area contributed by atoms with Gasteiger partial charge in [-0.05, 0) is 132 Å². The van der Waals surface area contributed by atoms with Crippen LogP contribution in [0.2, 0.25) is 10.0 Å². The van der Waals surface area contributed by atoms with Crippen LogP contribution < -0.4 is 30.7 Å². The second-order valence-corrected chi connectivity index (χ2v) is 23.8. The molecule has 0 aliphatic rings. The van der Waals surface area contributed by atoms with E-state index >= 15 is 0 Å². The number of anilines is 4. The number of furan rings is 2. The summed E-state index contributed by atoms with van der Waals surface area (Å²) in [5.41, 5.74) is 5.98. The number of sulfone groups is 2. The van der Waals surface area contributed by atoms with Crippen molar-refractivity contribution in [2.24, 2.45) is 0 Å². The number of hydrogen-bond donors (Lipinski definition) is 5. The zero-order valence-electron chi connectivity index (χ0n) is 44.9. The molecule has 4 heterocycles. The fourth-order valence-corrected chi connectivity index (χ4v) is 9.55. The summed E-state index contributed by atoms with van der Waals surface area (Å²) in [6, 6.07) is 42.0. The Hall–Kier alpha value is -7.29. The lowest BCUT2D eigenvalue weighted by molar-refractivity contribution is 0.306. The van der Waals surface area contributed by atoms with Crippen LogP contribution in [-0.4, -0.2) is 86.1 Å². The van der Waals surface area contributed by atoms with Gasteiger partial charge in [0.2, 0.25) is 0 Å². The third-order valence-corrected chi connectivity index (χ3v) is 14.5. The van der Waals surface area contributed by atoms with Gasteiger partial charge in [0.15, 0.2) is 0 Å². The Morgan fingerprint density at radius 2 is 0.941 bits per heavy atom. The van der Waals surface area contributed by atoms with Crippen LogP contribution in [0.3, 0.4) is 0 Å². The van der Waals surface area contributed by atoms with Gasteiger partial charge in [0, 0.05) is 66.0 Å². The van der Waals surface area contributed by atoms with E-state index in [0.717, 1.165) is 40.0 Å². The SMILES string of the molecule is C.C.CO.CS(=O)(=O)CCNCc1ccc(-c2ccc3ncnc(Nc4ccc(OCc5cccc(F)c5)c(Cl)c4)c3c2)o1.CS(=O)(=O)CCNCc1ccc(-c2ccc3ncnc(Nc4ccc(OCc5cccc(F)c5)c(Cl)c4)c3c2)o1.I. The van der Waals surface area contributed by atoms with Crippen molar-refractivity contribution in [3.05, 3.63) is 203 Å². The number of nitrogens with zero attached hydrogens (tertiary/aromatic N) is 4. The van der Waals surface area contributed by atoms with Crippen molar-refractivity contribution in [2.75, 3.05) is 54.9 Å². The average Bonchev–Trinajstić information content (AvgIpc) is 3.35. The number of aliphatic hydroxyl groups excluding tert-OH is 1. The van der Waals surface area contributed by atoms with Gasteiger partial charge in [0.1, 0.15) is 103 Å². The number of halogens is 5. The van der Waals surface area contributed by atoms with Gasteiger partial charge in [-0.1, -0.05) is 62.3 Å². The van der Waals surface area contributed by atoms with E-state index in [9.17, 15) is 25.6 Å². The summed E-state index contributed by atoms with van der Waals surface area (Å²) in [5, 5.41) is 22.1. The molecule has 0 bridgehead atoms. The lowest BCUT2D eigenvalue weighted by Crippen LogP contribution is -2.21. The zero-order chi connectivity index (χ0) is 58.2. The molecule has 6 aromatic carbocycles. The minimum absolute atomic E-state index is 0. The predicted octanol–water partition coefficient (Wildman–Crippen LogP) is 13.8. The summed E-state index contributed by atoms with van der Waals surface area (Å²) in [6.45, 7) is 1.91. The van der Waals surface area contributed by atoms with Gasteiger partial charge in [0.25, 0.3) is 0 Å². The maximum Gasteiger partial charge on any atom is 0.148 e. The van der Waals surface area contributed by atoms with Crippen LogP contribution in [0.5, 0.6) is 11.5 Å². The minimum atomic E-state index is -3.02. The van der Waals surface area contributed by atoms with Crippen LogP contribution in [0, 0.1) is 11.6 Å². The number of fused-ring (bicyclic) bond motifs is 2. The molecule has 0 radical (unpaired) electrons. The Morgan fingerprint density at radius 1 is 0.529 bits per heavy atom. The quantitative estimate of drug-likeness (QED) is 0.0313. The maximum absolute atomic E-state index is 13.4. The van der Waals surface area contributed by atoms with Gasteiger partial charge in [-0.25, -0.2) is 45.6 Å². The minimum Gasteiger partial charge on any atom is -0.487 e. The second kappa shape index (κ2) is 32.3. The Kier molecular flexibility index (Phi) is 26.0. The van der Waals surface area contributed by atoms with Gasteiger partial charge in [-0.2, -0.15) is 0 Å². The highest BCUT2D eigenvalue weighted by molar-refractivity contribution is 14.0.